The summed E-state index contributed by atoms with van der Waals surface area (Å²) in [4.78, 5) is 32.7. The normalized spacial score (nSPS) is 15.2. The Morgan fingerprint density at radius 1 is 1.00 bits per heavy atom. The number of aromatic nitrogens is 1. The standard InChI is InChI=1S/C33H33N3O3/c1-23-9-8-12-27(21-23)31-30-22-29(39-24(2)32(37)35-19-16-28-13-6-7-18-34-28)15-14-25(30)17-20-36(31)33(38)26-10-4-3-5-11-26/h3-15,18,21-22,24,31H,16-17,19-20H2,1-2H3,(H,35,37)/t24-,31-/m1/s1. The molecule has 0 bridgehead atoms. The lowest BCUT2D eigenvalue weighted by Crippen LogP contribution is -2.41. The van der Waals surface area contributed by atoms with Gasteiger partial charge < -0.3 is 15.0 Å². The van der Waals surface area contributed by atoms with Crippen molar-refractivity contribution in [1.82, 2.24) is 15.2 Å². The maximum absolute atomic E-state index is 13.7. The topological polar surface area (TPSA) is 71.5 Å². The summed E-state index contributed by atoms with van der Waals surface area (Å²) in [5.41, 5.74) is 5.99. The Bertz CT molecular complexity index is 1440. The lowest BCUT2D eigenvalue weighted by Gasteiger charge is -2.38. The van der Waals surface area contributed by atoms with Crippen LogP contribution in [0.15, 0.2) is 97.2 Å². The Balaban J connectivity index is 1.37. The second kappa shape index (κ2) is 11.9. The first-order valence-electron chi connectivity index (χ1n) is 13.4. The van der Waals surface area contributed by atoms with Gasteiger partial charge in [-0.3, -0.25) is 14.6 Å². The summed E-state index contributed by atoms with van der Waals surface area (Å²) in [5, 5.41) is 2.94. The summed E-state index contributed by atoms with van der Waals surface area (Å²) in [6, 6.07) is 29.2. The Labute approximate surface area is 229 Å². The lowest BCUT2D eigenvalue weighted by molar-refractivity contribution is -0.127. The number of aryl methyl sites for hydroxylation is 1. The fraction of sp³-hybridized carbons (Fsp3) is 0.242. The summed E-state index contributed by atoms with van der Waals surface area (Å²) >= 11 is 0. The number of amides is 2. The van der Waals surface area contributed by atoms with Gasteiger partial charge in [-0.25, -0.2) is 0 Å². The monoisotopic (exact) mass is 519 g/mol. The van der Waals surface area contributed by atoms with Crippen LogP contribution in [-0.4, -0.2) is 40.9 Å². The van der Waals surface area contributed by atoms with Crippen molar-refractivity contribution < 1.29 is 14.3 Å². The predicted molar refractivity (Wildman–Crippen MR) is 152 cm³/mol. The first-order chi connectivity index (χ1) is 19.0. The number of nitrogens with one attached hydrogen (secondary N) is 1. The van der Waals surface area contributed by atoms with E-state index in [1.807, 2.05) is 71.6 Å². The molecule has 0 unspecified atom stereocenters. The maximum Gasteiger partial charge on any atom is 0.260 e. The highest BCUT2D eigenvalue weighted by Gasteiger charge is 2.33. The molecule has 0 aliphatic carbocycles. The molecule has 2 amide bonds. The predicted octanol–water partition coefficient (Wildman–Crippen LogP) is 5.30. The number of hydrogen-bond donors (Lipinski definition) is 1. The van der Waals surface area contributed by atoms with Crippen molar-refractivity contribution in [2.75, 3.05) is 13.1 Å². The molecule has 3 aromatic carbocycles. The quantitative estimate of drug-likeness (QED) is 0.343. The van der Waals surface area contributed by atoms with E-state index in [-0.39, 0.29) is 17.9 Å². The third-order valence-electron chi connectivity index (χ3n) is 7.07. The van der Waals surface area contributed by atoms with Gasteiger partial charge in [0.05, 0.1) is 6.04 Å². The summed E-state index contributed by atoms with van der Waals surface area (Å²) in [7, 11) is 0. The first-order valence-corrected chi connectivity index (χ1v) is 13.4. The van der Waals surface area contributed by atoms with E-state index in [0.29, 0.717) is 30.8 Å². The molecule has 6 heteroatoms. The number of ether oxygens (including phenoxy) is 1. The van der Waals surface area contributed by atoms with Gasteiger partial charge in [-0.1, -0.05) is 60.2 Å². The van der Waals surface area contributed by atoms with Crippen molar-refractivity contribution in [2.45, 2.75) is 38.8 Å². The van der Waals surface area contributed by atoms with Gasteiger partial charge in [0.15, 0.2) is 6.10 Å². The number of fused-ring (bicyclic) bond motifs is 1. The molecule has 0 fully saturated rings. The third-order valence-corrected chi connectivity index (χ3v) is 7.07. The summed E-state index contributed by atoms with van der Waals surface area (Å²) < 4.78 is 6.10. The molecule has 6 nitrogen and oxygen atoms in total. The zero-order valence-electron chi connectivity index (χ0n) is 22.3. The van der Waals surface area contributed by atoms with Crippen molar-refractivity contribution in [3.05, 3.63) is 131 Å². The fourth-order valence-electron chi connectivity index (χ4n) is 5.09. The zero-order chi connectivity index (χ0) is 27.2. The minimum absolute atomic E-state index is 0.000251. The molecule has 1 aromatic heterocycles. The number of hydrogen-bond acceptors (Lipinski definition) is 4. The molecule has 0 saturated carbocycles. The van der Waals surface area contributed by atoms with Gasteiger partial charge in [0.2, 0.25) is 0 Å². The smallest absolute Gasteiger partial charge is 0.260 e. The largest absolute Gasteiger partial charge is 0.481 e. The second-order valence-electron chi connectivity index (χ2n) is 9.91. The number of pyridine rings is 1. The van der Waals surface area contributed by atoms with E-state index >= 15 is 0 Å². The second-order valence-corrected chi connectivity index (χ2v) is 9.91. The molecule has 5 rings (SSSR count). The van der Waals surface area contributed by atoms with Crippen molar-refractivity contribution in [2.24, 2.45) is 0 Å². The Morgan fingerprint density at radius 2 is 1.82 bits per heavy atom. The van der Waals surface area contributed by atoms with Crippen LogP contribution in [0.5, 0.6) is 5.75 Å². The van der Waals surface area contributed by atoms with E-state index < -0.39 is 6.10 Å². The molecule has 1 aliphatic heterocycles. The van der Waals surface area contributed by atoms with Crippen LogP contribution in [0, 0.1) is 6.92 Å². The average molecular weight is 520 g/mol. The van der Waals surface area contributed by atoms with Gasteiger partial charge in [0.1, 0.15) is 5.75 Å². The summed E-state index contributed by atoms with van der Waals surface area (Å²) in [6.07, 6.45) is 2.48. The van der Waals surface area contributed by atoms with E-state index in [4.69, 9.17) is 4.74 Å². The number of nitrogens with zero attached hydrogens (tertiary/aromatic N) is 2. The SMILES string of the molecule is Cc1cccc([C@@H]2c3cc(O[C@H](C)C(=O)NCCc4ccccn4)ccc3CCN2C(=O)c2ccccc2)c1. The number of rotatable bonds is 8. The molecule has 2 heterocycles. The highest BCUT2D eigenvalue weighted by Crippen LogP contribution is 2.38. The van der Waals surface area contributed by atoms with Gasteiger partial charge in [-0.15, -0.1) is 0 Å². The van der Waals surface area contributed by atoms with Gasteiger partial charge in [-0.2, -0.15) is 0 Å². The van der Waals surface area contributed by atoms with Crippen LogP contribution in [0.1, 0.15) is 51.3 Å². The minimum Gasteiger partial charge on any atom is -0.481 e. The lowest BCUT2D eigenvalue weighted by atomic mass is 9.87. The van der Waals surface area contributed by atoms with Gasteiger partial charge in [0.25, 0.3) is 11.8 Å². The fourth-order valence-corrected chi connectivity index (χ4v) is 5.09. The van der Waals surface area contributed by atoms with Crippen LogP contribution in [0.3, 0.4) is 0 Å². The molecule has 1 N–H and O–H groups in total. The van der Waals surface area contributed by atoms with E-state index in [1.54, 1.807) is 13.1 Å². The van der Waals surface area contributed by atoms with Gasteiger partial charge in [-0.05, 0) is 73.4 Å². The third kappa shape index (κ3) is 6.17. The molecule has 0 spiro atoms. The summed E-state index contributed by atoms with van der Waals surface area (Å²) in [6.45, 7) is 4.91. The molecule has 1 aliphatic rings. The maximum atomic E-state index is 13.7. The van der Waals surface area contributed by atoms with Gasteiger partial charge >= 0.3 is 0 Å². The molecular formula is C33H33N3O3. The average Bonchev–Trinajstić information content (AvgIpc) is 2.97. The Kier molecular flexibility index (Phi) is 8.02. The van der Waals surface area contributed by atoms with Crippen LogP contribution in [0.4, 0.5) is 0 Å². The van der Waals surface area contributed by atoms with Gasteiger partial charge in [0, 0.05) is 37.0 Å². The molecule has 4 aromatic rings. The molecular weight excluding hydrogens is 486 g/mol. The van der Waals surface area contributed by atoms with Crippen molar-refractivity contribution >= 4 is 11.8 Å². The number of carbonyl (C=O) groups excluding carboxylic acids is 2. The molecule has 0 saturated heterocycles. The van der Waals surface area contributed by atoms with Crippen molar-refractivity contribution in [3.63, 3.8) is 0 Å². The zero-order valence-corrected chi connectivity index (χ0v) is 22.3. The molecule has 198 valence electrons. The van der Waals surface area contributed by atoms with Crippen LogP contribution < -0.4 is 10.1 Å². The summed E-state index contributed by atoms with van der Waals surface area (Å²) in [5.74, 6) is 0.423. The van der Waals surface area contributed by atoms with Crippen molar-refractivity contribution in [1.29, 1.82) is 0 Å². The number of benzene rings is 3. The van der Waals surface area contributed by atoms with E-state index in [9.17, 15) is 9.59 Å². The first kappa shape index (κ1) is 26.2. The van der Waals surface area contributed by atoms with Crippen LogP contribution in [0.25, 0.3) is 0 Å². The van der Waals surface area contributed by atoms with Crippen LogP contribution in [-0.2, 0) is 17.6 Å². The minimum atomic E-state index is -0.671. The Hall–Kier alpha value is -4.45. The Morgan fingerprint density at radius 3 is 2.59 bits per heavy atom. The molecule has 2 atom stereocenters. The van der Waals surface area contributed by atoms with E-state index in [0.717, 1.165) is 28.8 Å². The van der Waals surface area contributed by atoms with E-state index in [1.165, 1.54) is 5.56 Å². The van der Waals surface area contributed by atoms with E-state index in [2.05, 4.69) is 41.5 Å². The highest BCUT2D eigenvalue weighted by atomic mass is 16.5. The molecule has 0 radical (unpaired) electrons. The van der Waals surface area contributed by atoms with Crippen LogP contribution >= 0.6 is 0 Å². The molecule has 39 heavy (non-hydrogen) atoms. The highest BCUT2D eigenvalue weighted by molar-refractivity contribution is 5.95. The van der Waals surface area contributed by atoms with Crippen LogP contribution in [0.2, 0.25) is 0 Å². The number of carbonyl (C=O) groups is 2. The van der Waals surface area contributed by atoms with Crippen molar-refractivity contribution in [3.8, 4) is 5.75 Å².